The molecule has 0 fully saturated rings. The van der Waals surface area contributed by atoms with E-state index < -0.39 is 0 Å². The van der Waals surface area contributed by atoms with Crippen LogP contribution in [0.1, 0.15) is 10.6 Å². The molecule has 0 amide bonds. The molecule has 0 aromatic carbocycles. The maximum absolute atomic E-state index is 6.15. The predicted molar refractivity (Wildman–Crippen MR) is 66.9 cm³/mol. The van der Waals surface area contributed by atoms with Gasteiger partial charge in [-0.1, -0.05) is 0 Å². The van der Waals surface area contributed by atoms with Gasteiger partial charge in [-0.05, 0) is 32.0 Å². The van der Waals surface area contributed by atoms with Gasteiger partial charge in [0.15, 0.2) is 0 Å². The molecular weight excluding hydrogens is 220 g/mol. The summed E-state index contributed by atoms with van der Waals surface area (Å²) in [6, 6.07) is 5.88. The molecule has 0 saturated heterocycles. The van der Waals surface area contributed by atoms with Gasteiger partial charge in [0, 0.05) is 10.6 Å². The van der Waals surface area contributed by atoms with E-state index in [1.807, 2.05) is 12.1 Å². The number of nitrogen functional groups attached to an aromatic ring is 1. The predicted octanol–water partition coefficient (Wildman–Crippen LogP) is 3.46. The van der Waals surface area contributed by atoms with Gasteiger partial charge in [-0.3, -0.25) is 4.40 Å². The Bertz CT molecular complexity index is 646. The maximum Gasteiger partial charge on any atom is 0.137 e. The summed E-state index contributed by atoms with van der Waals surface area (Å²) in [5.74, 6) is 1.58. The molecule has 0 aliphatic carbocycles. The van der Waals surface area contributed by atoms with Gasteiger partial charge < -0.3 is 10.2 Å². The zero-order chi connectivity index (χ0) is 11.3. The molecule has 0 aliphatic rings. The Hall–Kier alpha value is -1.68. The number of nitrogens with zero attached hydrogens (tertiary/aromatic N) is 1. The zero-order valence-corrected chi connectivity index (χ0v) is 9.97. The molecule has 0 atom stereocenters. The number of aromatic nitrogens is 1. The SMILES string of the molecule is Cc1sc2cc(-c3ccco3)c(N)n2c1C. The molecule has 0 bridgehead atoms. The van der Waals surface area contributed by atoms with E-state index in [0.717, 1.165) is 17.1 Å². The number of rotatable bonds is 1. The van der Waals surface area contributed by atoms with Crippen LogP contribution >= 0.6 is 11.3 Å². The Labute approximate surface area is 97.1 Å². The van der Waals surface area contributed by atoms with Crippen LogP contribution in [-0.4, -0.2) is 4.40 Å². The first-order valence-corrected chi connectivity index (χ1v) is 5.91. The minimum atomic E-state index is 0.756. The lowest BCUT2D eigenvalue weighted by molar-refractivity contribution is 0.582. The fourth-order valence-electron chi connectivity index (χ4n) is 1.94. The third-order valence-corrected chi connectivity index (χ3v) is 4.01. The van der Waals surface area contributed by atoms with Crippen LogP contribution < -0.4 is 5.73 Å². The highest BCUT2D eigenvalue weighted by Gasteiger charge is 2.15. The van der Waals surface area contributed by atoms with Crippen molar-refractivity contribution in [3.05, 3.63) is 35.0 Å². The van der Waals surface area contributed by atoms with Gasteiger partial charge >= 0.3 is 0 Å². The number of anilines is 1. The number of nitrogens with two attached hydrogens (primary N) is 1. The Morgan fingerprint density at radius 2 is 2.19 bits per heavy atom. The van der Waals surface area contributed by atoms with E-state index in [2.05, 4.69) is 24.3 Å². The minimum absolute atomic E-state index is 0.756. The van der Waals surface area contributed by atoms with Crippen molar-refractivity contribution >= 4 is 22.0 Å². The summed E-state index contributed by atoms with van der Waals surface area (Å²) in [6.07, 6.45) is 1.67. The Balaban J connectivity index is 2.33. The van der Waals surface area contributed by atoms with Gasteiger partial charge in [0.25, 0.3) is 0 Å². The lowest BCUT2D eigenvalue weighted by Gasteiger charge is -1.98. The third-order valence-electron chi connectivity index (χ3n) is 2.89. The van der Waals surface area contributed by atoms with Crippen LogP contribution in [0.5, 0.6) is 0 Å². The maximum atomic E-state index is 6.15. The van der Waals surface area contributed by atoms with Gasteiger partial charge in [0.05, 0.1) is 11.8 Å². The minimum Gasteiger partial charge on any atom is -0.464 e. The lowest BCUT2D eigenvalue weighted by Crippen LogP contribution is -1.95. The molecule has 16 heavy (non-hydrogen) atoms. The number of aryl methyl sites for hydroxylation is 2. The Morgan fingerprint density at radius 3 is 2.81 bits per heavy atom. The molecule has 4 heteroatoms. The molecule has 3 rings (SSSR count). The van der Waals surface area contributed by atoms with Crippen LogP contribution in [0.4, 0.5) is 5.82 Å². The highest BCUT2D eigenvalue weighted by molar-refractivity contribution is 7.17. The van der Waals surface area contributed by atoms with Crippen molar-refractivity contribution in [2.24, 2.45) is 0 Å². The Morgan fingerprint density at radius 1 is 1.38 bits per heavy atom. The van der Waals surface area contributed by atoms with Crippen molar-refractivity contribution in [2.75, 3.05) is 5.73 Å². The van der Waals surface area contributed by atoms with E-state index in [4.69, 9.17) is 10.2 Å². The highest BCUT2D eigenvalue weighted by atomic mass is 32.1. The largest absolute Gasteiger partial charge is 0.464 e. The van der Waals surface area contributed by atoms with Gasteiger partial charge in [0.1, 0.15) is 16.4 Å². The molecule has 3 aromatic heterocycles. The Kier molecular flexibility index (Phi) is 1.88. The standard InChI is InChI=1S/C12H12N2OS/c1-7-8(2)16-11-6-9(12(13)14(7)11)10-4-3-5-15-10/h3-6H,13H2,1-2H3. The van der Waals surface area contributed by atoms with Crippen LogP contribution in [0.2, 0.25) is 0 Å². The normalized spacial score (nSPS) is 11.4. The molecule has 3 nitrogen and oxygen atoms in total. The molecule has 0 unspecified atom stereocenters. The summed E-state index contributed by atoms with van der Waals surface area (Å²) < 4.78 is 7.46. The van der Waals surface area contributed by atoms with E-state index in [9.17, 15) is 0 Å². The number of fused-ring (bicyclic) bond motifs is 1. The number of hydrogen-bond acceptors (Lipinski definition) is 3. The van der Waals surface area contributed by atoms with Crippen molar-refractivity contribution in [3.8, 4) is 11.3 Å². The summed E-state index contributed by atoms with van der Waals surface area (Å²) in [6.45, 7) is 4.19. The molecule has 3 aromatic rings. The summed E-state index contributed by atoms with van der Waals surface area (Å²) in [5, 5.41) is 0. The van der Waals surface area contributed by atoms with Crippen LogP contribution in [-0.2, 0) is 0 Å². The van der Waals surface area contributed by atoms with Crippen LogP contribution in [0, 0.1) is 13.8 Å². The van der Waals surface area contributed by atoms with Crippen molar-refractivity contribution in [1.29, 1.82) is 0 Å². The molecule has 0 spiro atoms. The molecule has 0 radical (unpaired) electrons. The van der Waals surface area contributed by atoms with Crippen LogP contribution in [0.3, 0.4) is 0 Å². The summed E-state index contributed by atoms with van der Waals surface area (Å²) in [7, 11) is 0. The van der Waals surface area contributed by atoms with Gasteiger partial charge in [-0.2, -0.15) is 0 Å². The monoisotopic (exact) mass is 232 g/mol. The first-order chi connectivity index (χ1) is 7.68. The summed E-state index contributed by atoms with van der Waals surface area (Å²) >= 11 is 1.75. The van der Waals surface area contributed by atoms with Crippen LogP contribution in [0.15, 0.2) is 28.9 Å². The van der Waals surface area contributed by atoms with Gasteiger partial charge in [-0.25, -0.2) is 0 Å². The van der Waals surface area contributed by atoms with E-state index in [-0.39, 0.29) is 0 Å². The van der Waals surface area contributed by atoms with Crippen molar-refractivity contribution in [3.63, 3.8) is 0 Å². The lowest BCUT2D eigenvalue weighted by atomic mass is 10.2. The fourth-order valence-corrected chi connectivity index (χ4v) is 3.00. The quantitative estimate of drug-likeness (QED) is 0.698. The topological polar surface area (TPSA) is 43.6 Å². The molecule has 2 N–H and O–H groups in total. The summed E-state index contributed by atoms with van der Waals surface area (Å²) in [5.41, 5.74) is 8.33. The number of furan rings is 1. The van der Waals surface area contributed by atoms with Crippen molar-refractivity contribution in [1.82, 2.24) is 4.40 Å². The first kappa shape index (κ1) is 9.54. The van der Waals surface area contributed by atoms with Gasteiger partial charge in [0.2, 0.25) is 0 Å². The van der Waals surface area contributed by atoms with E-state index in [0.29, 0.717) is 0 Å². The van der Waals surface area contributed by atoms with Crippen molar-refractivity contribution in [2.45, 2.75) is 13.8 Å². The van der Waals surface area contributed by atoms with E-state index in [1.165, 1.54) is 15.4 Å². The van der Waals surface area contributed by atoms with Crippen molar-refractivity contribution < 1.29 is 4.42 Å². The second kappa shape index (κ2) is 3.15. The molecule has 0 aliphatic heterocycles. The zero-order valence-electron chi connectivity index (χ0n) is 9.15. The highest BCUT2D eigenvalue weighted by Crippen LogP contribution is 2.35. The van der Waals surface area contributed by atoms with Gasteiger partial charge in [-0.15, -0.1) is 11.3 Å². The smallest absolute Gasteiger partial charge is 0.137 e. The second-order valence-electron chi connectivity index (χ2n) is 3.84. The average molecular weight is 232 g/mol. The number of thiazole rings is 1. The molecule has 0 saturated carbocycles. The molecule has 3 heterocycles. The summed E-state index contributed by atoms with van der Waals surface area (Å²) in [4.78, 5) is 2.46. The van der Waals surface area contributed by atoms with E-state index >= 15 is 0 Å². The average Bonchev–Trinajstić information content (AvgIpc) is 2.90. The molecule has 82 valence electrons. The third kappa shape index (κ3) is 1.13. The van der Waals surface area contributed by atoms with E-state index in [1.54, 1.807) is 17.6 Å². The van der Waals surface area contributed by atoms with Crippen LogP contribution in [0.25, 0.3) is 16.2 Å². The molecular formula is C12H12N2OS. The fraction of sp³-hybridized carbons (Fsp3) is 0.167. The second-order valence-corrected chi connectivity index (χ2v) is 5.07. The number of hydrogen-bond donors (Lipinski definition) is 1. The first-order valence-electron chi connectivity index (χ1n) is 5.09.